The Hall–Kier alpha value is -2.67. The number of rotatable bonds is 6. The zero-order valence-electron chi connectivity index (χ0n) is 18.1. The van der Waals surface area contributed by atoms with Crippen molar-refractivity contribution in [3.8, 4) is 5.75 Å². The number of amides is 1. The molecular weight excluding hydrogens is 378 g/mol. The number of likely N-dealkylation sites (N-methyl/N-ethyl adjacent to an activating group) is 1. The number of nitrogens with zero attached hydrogens (tertiary/aromatic N) is 4. The maximum atomic E-state index is 13.0. The topological polar surface area (TPSA) is 70.6 Å². The first-order valence-electron chi connectivity index (χ1n) is 10.8. The molecule has 1 aromatic carbocycles. The molecule has 2 aliphatic rings. The molecule has 0 aliphatic carbocycles. The Labute approximate surface area is 178 Å². The fourth-order valence-electron chi connectivity index (χ4n) is 4.38. The van der Waals surface area contributed by atoms with Gasteiger partial charge in [-0.1, -0.05) is 18.2 Å². The van der Waals surface area contributed by atoms with E-state index in [-0.39, 0.29) is 11.9 Å². The Morgan fingerprint density at radius 1 is 1.27 bits per heavy atom. The van der Waals surface area contributed by atoms with Gasteiger partial charge in [-0.25, -0.2) is 9.97 Å². The van der Waals surface area contributed by atoms with Crippen LogP contribution in [0.1, 0.15) is 47.9 Å². The SMILES string of the molecule is CNc1nc(C2CCCN2C(=O)CCOc2ccccc2C)nc2c1CCN(C)C2. The van der Waals surface area contributed by atoms with Crippen LogP contribution >= 0.6 is 0 Å². The predicted octanol–water partition coefficient (Wildman–Crippen LogP) is 2.95. The quantitative estimate of drug-likeness (QED) is 0.791. The summed E-state index contributed by atoms with van der Waals surface area (Å²) in [4.78, 5) is 26.9. The number of hydrogen-bond acceptors (Lipinski definition) is 6. The molecule has 1 amide bonds. The van der Waals surface area contributed by atoms with Gasteiger partial charge in [-0.15, -0.1) is 0 Å². The van der Waals surface area contributed by atoms with Gasteiger partial charge in [-0.05, 0) is 44.9 Å². The summed E-state index contributed by atoms with van der Waals surface area (Å²) < 4.78 is 5.84. The molecule has 0 radical (unpaired) electrons. The Kier molecular flexibility index (Phi) is 6.18. The van der Waals surface area contributed by atoms with Crippen LogP contribution in [0.5, 0.6) is 5.75 Å². The summed E-state index contributed by atoms with van der Waals surface area (Å²) in [5.74, 6) is 2.61. The standard InChI is InChI=1S/C23H31N5O2/c1-16-7-4-5-9-20(16)30-14-11-21(29)28-12-6-8-19(28)23-25-18-15-27(3)13-10-17(18)22(24-2)26-23/h4-5,7,9,19H,6,8,10-15H2,1-3H3,(H,24,25,26). The number of carbonyl (C=O) groups excluding carboxylic acids is 1. The average Bonchev–Trinajstić information content (AvgIpc) is 3.24. The van der Waals surface area contributed by atoms with Crippen molar-refractivity contribution in [1.82, 2.24) is 19.8 Å². The van der Waals surface area contributed by atoms with E-state index < -0.39 is 0 Å². The largest absolute Gasteiger partial charge is 0.493 e. The van der Waals surface area contributed by atoms with Gasteiger partial charge < -0.3 is 19.9 Å². The predicted molar refractivity (Wildman–Crippen MR) is 117 cm³/mol. The number of hydrogen-bond donors (Lipinski definition) is 1. The van der Waals surface area contributed by atoms with Crippen LogP contribution < -0.4 is 10.1 Å². The lowest BCUT2D eigenvalue weighted by Gasteiger charge is -2.28. The molecule has 4 rings (SSSR count). The molecule has 0 bridgehead atoms. The van der Waals surface area contributed by atoms with Crippen molar-refractivity contribution in [2.45, 2.75) is 45.2 Å². The van der Waals surface area contributed by atoms with E-state index in [2.05, 4.69) is 17.3 Å². The number of aromatic nitrogens is 2. The second kappa shape index (κ2) is 9.00. The van der Waals surface area contributed by atoms with E-state index in [1.54, 1.807) is 0 Å². The molecule has 7 heteroatoms. The van der Waals surface area contributed by atoms with Gasteiger partial charge in [0, 0.05) is 32.2 Å². The minimum atomic E-state index is -0.0550. The molecule has 1 saturated heterocycles. The first-order valence-corrected chi connectivity index (χ1v) is 10.8. The highest BCUT2D eigenvalue weighted by Crippen LogP contribution is 2.33. The summed E-state index contributed by atoms with van der Waals surface area (Å²) in [5.41, 5.74) is 3.37. The van der Waals surface area contributed by atoms with Crippen LogP contribution in [-0.4, -0.2) is 59.5 Å². The molecule has 2 aromatic rings. The van der Waals surface area contributed by atoms with Gasteiger partial charge in [-0.3, -0.25) is 4.79 Å². The summed E-state index contributed by atoms with van der Waals surface area (Å²) >= 11 is 0. The summed E-state index contributed by atoms with van der Waals surface area (Å²) in [6.45, 7) is 4.98. The van der Waals surface area contributed by atoms with Crippen molar-refractivity contribution >= 4 is 11.7 Å². The third-order valence-electron chi connectivity index (χ3n) is 6.05. The van der Waals surface area contributed by atoms with Gasteiger partial charge in [0.1, 0.15) is 11.6 Å². The van der Waals surface area contributed by atoms with Crippen LogP contribution in [0.2, 0.25) is 0 Å². The Bertz CT molecular complexity index is 916. The zero-order valence-corrected chi connectivity index (χ0v) is 18.1. The molecule has 1 atom stereocenters. The number of carbonyl (C=O) groups is 1. The van der Waals surface area contributed by atoms with Crippen molar-refractivity contribution < 1.29 is 9.53 Å². The van der Waals surface area contributed by atoms with Gasteiger partial charge in [0.25, 0.3) is 0 Å². The Morgan fingerprint density at radius 2 is 2.10 bits per heavy atom. The number of aryl methyl sites for hydroxylation is 1. The van der Waals surface area contributed by atoms with Crippen LogP contribution in [0.3, 0.4) is 0 Å². The third-order valence-corrected chi connectivity index (χ3v) is 6.05. The molecule has 3 heterocycles. The molecule has 1 aromatic heterocycles. The molecule has 160 valence electrons. The van der Waals surface area contributed by atoms with Crippen LogP contribution in [0.4, 0.5) is 5.82 Å². The fourth-order valence-corrected chi connectivity index (χ4v) is 4.38. The highest BCUT2D eigenvalue weighted by molar-refractivity contribution is 5.77. The van der Waals surface area contributed by atoms with Crippen molar-refractivity contribution in [3.63, 3.8) is 0 Å². The van der Waals surface area contributed by atoms with E-state index in [0.717, 1.165) is 67.5 Å². The molecule has 1 fully saturated rings. The summed E-state index contributed by atoms with van der Waals surface area (Å²) in [5, 5.41) is 3.24. The number of nitrogens with one attached hydrogen (secondary N) is 1. The maximum Gasteiger partial charge on any atom is 0.226 e. The van der Waals surface area contributed by atoms with Gasteiger partial charge in [0.15, 0.2) is 5.82 Å². The minimum Gasteiger partial charge on any atom is -0.493 e. The van der Waals surface area contributed by atoms with E-state index in [4.69, 9.17) is 14.7 Å². The molecule has 2 aliphatic heterocycles. The molecular formula is C23H31N5O2. The van der Waals surface area contributed by atoms with E-state index in [1.807, 2.05) is 43.1 Å². The second-order valence-corrected chi connectivity index (χ2v) is 8.20. The van der Waals surface area contributed by atoms with E-state index in [0.29, 0.717) is 13.0 Å². The highest BCUT2D eigenvalue weighted by atomic mass is 16.5. The minimum absolute atomic E-state index is 0.0550. The number of fused-ring (bicyclic) bond motifs is 1. The summed E-state index contributed by atoms with van der Waals surface area (Å²) in [6, 6.07) is 7.83. The lowest BCUT2D eigenvalue weighted by atomic mass is 10.0. The molecule has 1 unspecified atom stereocenters. The molecule has 0 spiro atoms. The Balaban J connectivity index is 1.46. The monoisotopic (exact) mass is 409 g/mol. The normalized spacial score (nSPS) is 18.9. The van der Waals surface area contributed by atoms with Crippen LogP contribution in [0.25, 0.3) is 0 Å². The highest BCUT2D eigenvalue weighted by Gasteiger charge is 2.33. The first kappa shape index (κ1) is 20.6. The van der Waals surface area contributed by atoms with Crippen molar-refractivity contribution in [2.75, 3.05) is 39.1 Å². The van der Waals surface area contributed by atoms with Crippen molar-refractivity contribution in [2.24, 2.45) is 0 Å². The van der Waals surface area contributed by atoms with E-state index in [9.17, 15) is 4.79 Å². The van der Waals surface area contributed by atoms with Crippen LogP contribution in [-0.2, 0) is 17.8 Å². The first-order chi connectivity index (χ1) is 14.6. The number of anilines is 1. The van der Waals surface area contributed by atoms with Crippen molar-refractivity contribution in [3.05, 3.63) is 46.9 Å². The lowest BCUT2D eigenvalue weighted by molar-refractivity contribution is -0.132. The van der Waals surface area contributed by atoms with Gasteiger partial charge >= 0.3 is 0 Å². The molecule has 0 saturated carbocycles. The number of ether oxygens (including phenoxy) is 1. The zero-order chi connectivity index (χ0) is 21.1. The average molecular weight is 410 g/mol. The summed E-state index contributed by atoms with van der Waals surface area (Å²) in [6.07, 6.45) is 3.19. The molecule has 7 nitrogen and oxygen atoms in total. The van der Waals surface area contributed by atoms with Gasteiger partial charge in [0.05, 0.1) is 24.8 Å². The summed E-state index contributed by atoms with van der Waals surface area (Å²) in [7, 11) is 4.02. The smallest absolute Gasteiger partial charge is 0.226 e. The number of benzene rings is 1. The third kappa shape index (κ3) is 4.26. The van der Waals surface area contributed by atoms with Crippen molar-refractivity contribution in [1.29, 1.82) is 0 Å². The van der Waals surface area contributed by atoms with Crippen LogP contribution in [0.15, 0.2) is 24.3 Å². The van der Waals surface area contributed by atoms with Gasteiger partial charge in [-0.2, -0.15) is 0 Å². The lowest BCUT2D eigenvalue weighted by Crippen LogP contribution is -2.34. The maximum absolute atomic E-state index is 13.0. The molecule has 30 heavy (non-hydrogen) atoms. The fraction of sp³-hybridized carbons (Fsp3) is 0.522. The van der Waals surface area contributed by atoms with E-state index >= 15 is 0 Å². The number of likely N-dealkylation sites (tertiary alicyclic amines) is 1. The second-order valence-electron chi connectivity index (χ2n) is 8.20. The Morgan fingerprint density at radius 3 is 2.90 bits per heavy atom. The van der Waals surface area contributed by atoms with Gasteiger partial charge in [0.2, 0.25) is 5.91 Å². The molecule has 1 N–H and O–H groups in total. The van der Waals surface area contributed by atoms with E-state index in [1.165, 1.54) is 5.56 Å². The number of para-hydroxylation sites is 1. The van der Waals surface area contributed by atoms with Crippen LogP contribution in [0, 0.1) is 6.92 Å².